The summed E-state index contributed by atoms with van der Waals surface area (Å²) in [5, 5.41) is 0.673. The molecule has 0 unspecified atom stereocenters. The van der Waals surface area contributed by atoms with Crippen LogP contribution < -0.4 is 5.43 Å². The van der Waals surface area contributed by atoms with Crippen LogP contribution in [0.25, 0.3) is 21.8 Å². The zero-order valence-electron chi connectivity index (χ0n) is 21.0. The van der Waals surface area contributed by atoms with E-state index in [2.05, 4.69) is 0 Å². The number of halogens is 6. The first-order valence-electron chi connectivity index (χ1n) is 12.4. The molecule has 0 N–H and O–H groups in total. The molecule has 0 aliphatic carbocycles. The Kier molecular flexibility index (Phi) is 6.83. The Morgan fingerprint density at radius 2 is 1.05 bits per heavy atom. The summed E-state index contributed by atoms with van der Waals surface area (Å²) in [6, 6.07) is 24.2. The van der Waals surface area contributed by atoms with Gasteiger partial charge in [-0.15, -0.1) is 0 Å². The maximum absolute atomic E-state index is 14.3. The summed E-state index contributed by atoms with van der Waals surface area (Å²) in [4.78, 5) is 13.6. The van der Waals surface area contributed by atoms with Gasteiger partial charge in [-0.2, -0.15) is 0 Å². The molecule has 0 saturated carbocycles. The minimum atomic E-state index is -1.71. The normalized spacial score (nSPS) is 11.6. The van der Waals surface area contributed by atoms with Crippen molar-refractivity contribution in [1.82, 2.24) is 4.57 Å². The summed E-state index contributed by atoms with van der Waals surface area (Å²) in [7, 11) is -1.66. The van der Waals surface area contributed by atoms with Gasteiger partial charge in [0.25, 0.3) is 0 Å². The minimum absolute atomic E-state index is 0.156. The lowest BCUT2D eigenvalue weighted by Crippen LogP contribution is -2.14. The average Bonchev–Trinajstić information content (AvgIpc) is 2.97. The maximum Gasteiger partial charge on any atom is 0.197 e. The van der Waals surface area contributed by atoms with Crippen LogP contribution in [0.5, 0.6) is 0 Å². The van der Waals surface area contributed by atoms with Gasteiger partial charge in [0.2, 0.25) is 0 Å². The molecule has 204 valence electrons. The minimum Gasteiger partial charge on any atom is -0.336 e. The van der Waals surface area contributed by atoms with Crippen molar-refractivity contribution in [3.8, 4) is 0 Å². The van der Waals surface area contributed by atoms with Crippen LogP contribution in [0.4, 0.5) is 26.3 Å². The number of hydrogen-bond acceptors (Lipinski definition) is 1. The third-order valence-corrected chi connectivity index (χ3v) is 8.89. The fourth-order valence-electron chi connectivity index (χ4n) is 4.88. The van der Waals surface area contributed by atoms with Crippen LogP contribution in [0, 0.1) is 34.9 Å². The summed E-state index contributed by atoms with van der Waals surface area (Å²) >= 11 is 0. The van der Waals surface area contributed by atoms with Gasteiger partial charge in [0.05, 0.1) is 27.3 Å². The van der Waals surface area contributed by atoms with E-state index in [1.807, 2.05) is 47.0 Å². The van der Waals surface area contributed by atoms with E-state index < -0.39 is 45.8 Å². The number of pyridine rings is 1. The lowest BCUT2D eigenvalue weighted by Gasteiger charge is -2.16. The van der Waals surface area contributed by atoms with Crippen LogP contribution in [0.3, 0.4) is 0 Å². The standard InChI is InChI=1S/C32H18F6NOS/c33-24-13-20(14-25(34)30(24)37)41(21-15-26(35)31(38)27(36)16-21)19-10-11-29-23(12-19)32(40)22-8-4-5-9-28(22)39(29)17-18-6-2-1-3-7-18/h1-16H,17H2/q+1. The highest BCUT2D eigenvalue weighted by Gasteiger charge is 2.34. The number of rotatable bonds is 5. The molecule has 2 nitrogen and oxygen atoms in total. The van der Waals surface area contributed by atoms with E-state index in [0.29, 0.717) is 23.0 Å². The summed E-state index contributed by atoms with van der Waals surface area (Å²) in [6.45, 7) is 0.423. The van der Waals surface area contributed by atoms with Crippen molar-refractivity contribution in [3.63, 3.8) is 0 Å². The van der Waals surface area contributed by atoms with Crippen molar-refractivity contribution < 1.29 is 26.3 Å². The van der Waals surface area contributed by atoms with Crippen LogP contribution in [0.15, 0.2) is 117 Å². The molecule has 6 aromatic rings. The molecule has 41 heavy (non-hydrogen) atoms. The molecule has 0 aliphatic heterocycles. The summed E-state index contributed by atoms with van der Waals surface area (Å²) in [5.74, 6) is -9.42. The molecular weight excluding hydrogens is 560 g/mol. The van der Waals surface area contributed by atoms with Gasteiger partial charge in [0.15, 0.2) is 55.0 Å². The Labute approximate surface area is 232 Å². The molecular formula is C32H18F6NOS+. The van der Waals surface area contributed by atoms with E-state index in [1.165, 1.54) is 6.07 Å². The zero-order chi connectivity index (χ0) is 28.8. The largest absolute Gasteiger partial charge is 0.336 e. The third-order valence-electron chi connectivity index (χ3n) is 6.75. The SMILES string of the molecule is O=c1c2ccccc2n(Cc2ccccc2)c2ccc([S+](c3cc(F)c(F)c(F)c3)c3cc(F)c(F)c(F)c3)cc12. The van der Waals surface area contributed by atoms with Crippen molar-refractivity contribution in [2.75, 3.05) is 0 Å². The van der Waals surface area contributed by atoms with Gasteiger partial charge in [0.1, 0.15) is 0 Å². The van der Waals surface area contributed by atoms with Gasteiger partial charge >= 0.3 is 0 Å². The third kappa shape index (κ3) is 4.76. The molecule has 1 heterocycles. The van der Waals surface area contributed by atoms with Crippen LogP contribution in [-0.2, 0) is 17.4 Å². The molecule has 0 spiro atoms. The molecule has 9 heteroatoms. The first-order chi connectivity index (χ1) is 19.7. The highest BCUT2D eigenvalue weighted by molar-refractivity contribution is 7.97. The highest BCUT2D eigenvalue weighted by Crippen LogP contribution is 2.36. The molecule has 5 aromatic carbocycles. The number of hydrogen-bond donors (Lipinski definition) is 0. The van der Waals surface area contributed by atoms with E-state index >= 15 is 0 Å². The second kappa shape index (κ2) is 10.5. The number of benzene rings is 5. The maximum atomic E-state index is 14.3. The molecule has 1 aromatic heterocycles. The van der Waals surface area contributed by atoms with Crippen molar-refractivity contribution in [3.05, 3.63) is 148 Å². The van der Waals surface area contributed by atoms with Crippen LogP contribution in [0.2, 0.25) is 0 Å². The molecule has 0 amide bonds. The molecule has 0 bridgehead atoms. The van der Waals surface area contributed by atoms with Crippen molar-refractivity contribution >= 4 is 32.7 Å². The Balaban J connectivity index is 1.63. The van der Waals surface area contributed by atoms with Crippen LogP contribution in [0.1, 0.15) is 5.56 Å². The second-order valence-corrected chi connectivity index (χ2v) is 11.3. The first kappa shape index (κ1) is 26.7. The number of fused-ring (bicyclic) bond motifs is 2. The quantitative estimate of drug-likeness (QED) is 0.0877. The summed E-state index contributed by atoms with van der Waals surface area (Å²) in [6.07, 6.45) is 0. The number of aromatic nitrogens is 1. The Hall–Kier alpha value is -4.50. The molecule has 0 atom stereocenters. The summed E-state index contributed by atoms with van der Waals surface area (Å²) in [5.41, 5.74) is 1.89. The van der Waals surface area contributed by atoms with Gasteiger partial charge in [-0.25, -0.2) is 26.3 Å². The van der Waals surface area contributed by atoms with Crippen LogP contribution in [-0.4, -0.2) is 4.57 Å². The Morgan fingerprint density at radius 3 is 1.63 bits per heavy atom. The molecule has 6 rings (SSSR count). The topological polar surface area (TPSA) is 22.0 Å². The second-order valence-electron chi connectivity index (χ2n) is 9.30. The van der Waals surface area contributed by atoms with Gasteiger partial charge < -0.3 is 4.57 Å². The van der Waals surface area contributed by atoms with Crippen LogP contribution >= 0.6 is 0 Å². The lowest BCUT2D eigenvalue weighted by atomic mass is 10.1. The van der Waals surface area contributed by atoms with E-state index in [4.69, 9.17) is 0 Å². The van der Waals surface area contributed by atoms with E-state index in [0.717, 1.165) is 29.8 Å². The Morgan fingerprint density at radius 1 is 0.537 bits per heavy atom. The monoisotopic (exact) mass is 578 g/mol. The fraction of sp³-hybridized carbons (Fsp3) is 0.0312. The number of nitrogens with zero attached hydrogens (tertiary/aromatic N) is 1. The van der Waals surface area contributed by atoms with Gasteiger partial charge in [-0.05, 0) is 29.8 Å². The van der Waals surface area contributed by atoms with Crippen molar-refractivity contribution in [2.45, 2.75) is 21.2 Å². The lowest BCUT2D eigenvalue weighted by molar-refractivity contribution is 0.442. The Bertz CT molecular complexity index is 1920. The van der Waals surface area contributed by atoms with Gasteiger partial charge in [-0.1, -0.05) is 42.5 Å². The van der Waals surface area contributed by atoms with E-state index in [-0.39, 0.29) is 25.5 Å². The number of para-hydroxylation sites is 1. The first-order valence-corrected chi connectivity index (χ1v) is 13.6. The molecule has 0 saturated heterocycles. The highest BCUT2D eigenvalue weighted by atomic mass is 32.2. The van der Waals surface area contributed by atoms with Crippen molar-refractivity contribution in [1.29, 1.82) is 0 Å². The van der Waals surface area contributed by atoms with E-state index in [1.54, 1.807) is 24.3 Å². The fourth-order valence-corrected chi connectivity index (χ4v) is 7.02. The summed E-state index contributed by atoms with van der Waals surface area (Å²) < 4.78 is 87.0. The predicted octanol–water partition coefficient (Wildman–Crippen LogP) is 8.13. The predicted molar refractivity (Wildman–Crippen MR) is 146 cm³/mol. The van der Waals surface area contributed by atoms with Gasteiger partial charge in [-0.3, -0.25) is 4.79 Å². The molecule has 0 aliphatic rings. The molecule has 0 radical (unpaired) electrons. The van der Waals surface area contributed by atoms with E-state index in [9.17, 15) is 31.1 Å². The zero-order valence-corrected chi connectivity index (χ0v) is 21.8. The van der Waals surface area contributed by atoms with Crippen molar-refractivity contribution in [2.24, 2.45) is 0 Å². The average molecular weight is 579 g/mol. The molecule has 0 fully saturated rings. The smallest absolute Gasteiger partial charge is 0.197 e. The van der Waals surface area contributed by atoms with Gasteiger partial charge in [0, 0.05) is 42.3 Å².